The third-order valence-electron chi connectivity index (χ3n) is 3.83. The van der Waals surface area contributed by atoms with Crippen LogP contribution in [0.3, 0.4) is 0 Å². The Labute approximate surface area is 95.5 Å². The first-order valence-corrected chi connectivity index (χ1v) is 6.02. The van der Waals surface area contributed by atoms with Crippen LogP contribution in [-0.4, -0.2) is 21.8 Å². The molecule has 0 unspecified atom stereocenters. The molecule has 1 saturated carbocycles. The lowest BCUT2D eigenvalue weighted by Crippen LogP contribution is -2.49. The molecule has 0 bridgehead atoms. The smallest absolute Gasteiger partial charge is 0.217 e. The minimum absolute atomic E-state index is 0.338. The lowest BCUT2D eigenvalue weighted by Gasteiger charge is -2.39. The van der Waals surface area contributed by atoms with Crippen LogP contribution in [0.25, 0.3) is 0 Å². The summed E-state index contributed by atoms with van der Waals surface area (Å²) in [4.78, 5) is 4.34. The minimum atomic E-state index is -0.369. The summed E-state index contributed by atoms with van der Waals surface area (Å²) in [6, 6.07) is 2.06. The average Bonchev–Trinajstić information content (AvgIpc) is 2.70. The van der Waals surface area contributed by atoms with Gasteiger partial charge in [0.05, 0.1) is 6.10 Å². The summed E-state index contributed by atoms with van der Waals surface area (Å²) in [5.41, 5.74) is 1.83. The van der Waals surface area contributed by atoms with Crippen molar-refractivity contribution in [2.24, 2.45) is 0 Å². The fraction of sp³-hybridized carbons (Fsp3) is 0.615. The van der Waals surface area contributed by atoms with Gasteiger partial charge < -0.3 is 9.84 Å². The number of fused-ring (bicyclic) bond motifs is 1. The molecule has 16 heavy (non-hydrogen) atoms. The molecule has 2 heterocycles. The molecule has 86 valence electrons. The van der Waals surface area contributed by atoms with Crippen molar-refractivity contribution in [2.75, 3.05) is 0 Å². The first-order valence-electron chi connectivity index (χ1n) is 6.02. The van der Waals surface area contributed by atoms with Gasteiger partial charge in [0.2, 0.25) is 5.88 Å². The minimum Gasteiger partial charge on any atom is -0.468 e. The van der Waals surface area contributed by atoms with Crippen LogP contribution >= 0.6 is 0 Å². The fourth-order valence-corrected chi connectivity index (χ4v) is 2.92. The second-order valence-corrected chi connectivity index (χ2v) is 5.07. The Morgan fingerprint density at radius 1 is 1.44 bits per heavy atom. The monoisotopic (exact) mass is 219 g/mol. The first kappa shape index (κ1) is 10.1. The van der Waals surface area contributed by atoms with Gasteiger partial charge in [0.15, 0.2) is 0 Å². The molecule has 0 amide bonds. The Hall–Kier alpha value is -1.09. The molecule has 1 aromatic rings. The summed E-state index contributed by atoms with van der Waals surface area (Å²) in [6.45, 7) is 2.01. The zero-order valence-corrected chi connectivity index (χ0v) is 9.57. The van der Waals surface area contributed by atoms with E-state index in [4.69, 9.17) is 4.74 Å². The highest BCUT2D eigenvalue weighted by atomic mass is 16.5. The number of rotatable bonds is 0. The quantitative estimate of drug-likeness (QED) is 0.725. The molecule has 0 radical (unpaired) electrons. The number of aliphatic hydroxyl groups is 1. The number of hydrogen-bond acceptors (Lipinski definition) is 3. The molecule has 0 saturated heterocycles. The molecule has 1 aliphatic heterocycles. The predicted molar refractivity (Wildman–Crippen MR) is 60.5 cm³/mol. The van der Waals surface area contributed by atoms with Gasteiger partial charge in [-0.1, -0.05) is 0 Å². The van der Waals surface area contributed by atoms with Gasteiger partial charge in [0.25, 0.3) is 0 Å². The van der Waals surface area contributed by atoms with Crippen LogP contribution in [0, 0.1) is 6.92 Å². The molecule has 1 atom stereocenters. The molecule has 3 rings (SSSR count). The van der Waals surface area contributed by atoms with Crippen molar-refractivity contribution in [3.63, 3.8) is 0 Å². The summed E-state index contributed by atoms with van der Waals surface area (Å²) in [5.74, 6) is 0.734. The van der Waals surface area contributed by atoms with Crippen molar-refractivity contribution >= 4 is 0 Å². The molecular weight excluding hydrogens is 202 g/mol. The van der Waals surface area contributed by atoms with Crippen LogP contribution in [-0.2, 0) is 6.42 Å². The van der Waals surface area contributed by atoms with Crippen molar-refractivity contribution in [3.05, 3.63) is 23.4 Å². The van der Waals surface area contributed by atoms with E-state index in [1.54, 1.807) is 0 Å². The van der Waals surface area contributed by atoms with Crippen LogP contribution in [0.5, 0.6) is 5.88 Å². The molecule has 2 aliphatic rings. The number of ether oxygens (including phenoxy) is 1. The molecule has 1 N–H and O–H groups in total. The number of pyridine rings is 1. The second-order valence-electron chi connectivity index (χ2n) is 5.07. The second kappa shape index (κ2) is 3.45. The molecule has 1 fully saturated rings. The Balaban J connectivity index is 1.98. The molecule has 1 spiro atoms. The Morgan fingerprint density at radius 2 is 2.19 bits per heavy atom. The summed E-state index contributed by atoms with van der Waals surface area (Å²) in [6.07, 6.45) is 6.37. The summed E-state index contributed by atoms with van der Waals surface area (Å²) >= 11 is 0. The zero-order chi connectivity index (χ0) is 11.2. The van der Waals surface area contributed by atoms with Gasteiger partial charge in [-0.05, 0) is 44.2 Å². The normalized spacial score (nSPS) is 26.5. The largest absolute Gasteiger partial charge is 0.468 e. The predicted octanol–water partition coefficient (Wildman–Crippen LogP) is 2.00. The molecule has 1 aromatic heterocycles. The van der Waals surface area contributed by atoms with Gasteiger partial charge in [-0.15, -0.1) is 0 Å². The van der Waals surface area contributed by atoms with Crippen molar-refractivity contribution < 1.29 is 9.84 Å². The van der Waals surface area contributed by atoms with E-state index in [0.29, 0.717) is 6.42 Å². The third kappa shape index (κ3) is 1.42. The summed E-state index contributed by atoms with van der Waals surface area (Å²) in [7, 11) is 0. The Bertz CT molecular complexity index is 410. The molecule has 3 heteroatoms. The summed E-state index contributed by atoms with van der Waals surface area (Å²) in [5, 5.41) is 10.2. The molecule has 1 aliphatic carbocycles. The van der Waals surface area contributed by atoms with E-state index in [1.165, 1.54) is 0 Å². The van der Waals surface area contributed by atoms with E-state index in [1.807, 2.05) is 13.1 Å². The van der Waals surface area contributed by atoms with E-state index < -0.39 is 0 Å². The van der Waals surface area contributed by atoms with Crippen molar-refractivity contribution in [2.45, 2.75) is 50.7 Å². The average molecular weight is 219 g/mol. The number of aromatic nitrogens is 1. The van der Waals surface area contributed by atoms with E-state index in [2.05, 4.69) is 11.1 Å². The maximum atomic E-state index is 10.2. The van der Waals surface area contributed by atoms with E-state index in [-0.39, 0.29) is 11.7 Å². The lowest BCUT2D eigenvalue weighted by molar-refractivity contribution is -0.0650. The Morgan fingerprint density at radius 3 is 2.94 bits per heavy atom. The maximum Gasteiger partial charge on any atom is 0.217 e. The van der Waals surface area contributed by atoms with E-state index in [0.717, 1.165) is 42.7 Å². The third-order valence-corrected chi connectivity index (χ3v) is 3.83. The zero-order valence-electron chi connectivity index (χ0n) is 9.57. The van der Waals surface area contributed by atoms with Gasteiger partial charge in [-0.2, -0.15) is 0 Å². The standard InChI is InChI=1S/C13H17NO2/c1-9-6-10-7-11(15)13(4-2-3-5-13)16-12(10)14-8-9/h6,8,11,15H,2-5,7H2,1H3/t11-/m0/s1. The van der Waals surface area contributed by atoms with Crippen LogP contribution in [0.4, 0.5) is 0 Å². The number of aliphatic hydroxyl groups excluding tert-OH is 1. The van der Waals surface area contributed by atoms with Gasteiger partial charge in [0.1, 0.15) is 5.60 Å². The topological polar surface area (TPSA) is 42.4 Å². The highest BCUT2D eigenvalue weighted by molar-refractivity contribution is 5.33. The molecule has 0 aromatic carbocycles. The highest BCUT2D eigenvalue weighted by Crippen LogP contribution is 2.42. The maximum absolute atomic E-state index is 10.2. The van der Waals surface area contributed by atoms with E-state index >= 15 is 0 Å². The van der Waals surface area contributed by atoms with Gasteiger partial charge in [-0.25, -0.2) is 4.98 Å². The molecule has 3 nitrogen and oxygen atoms in total. The van der Waals surface area contributed by atoms with Crippen LogP contribution in [0.15, 0.2) is 12.3 Å². The number of hydrogen-bond donors (Lipinski definition) is 1. The van der Waals surface area contributed by atoms with Crippen molar-refractivity contribution in [1.82, 2.24) is 4.98 Å². The first-order chi connectivity index (χ1) is 7.70. The van der Waals surface area contributed by atoms with Gasteiger partial charge >= 0.3 is 0 Å². The molecular formula is C13H17NO2. The SMILES string of the molecule is Cc1cnc2c(c1)C[C@H](O)C1(CCCC1)O2. The van der Waals surface area contributed by atoms with Crippen LogP contribution in [0.2, 0.25) is 0 Å². The lowest BCUT2D eigenvalue weighted by atomic mass is 9.87. The Kier molecular flexibility index (Phi) is 2.18. The number of nitrogens with zero attached hydrogens (tertiary/aromatic N) is 1. The summed E-state index contributed by atoms with van der Waals surface area (Å²) < 4.78 is 5.99. The number of aryl methyl sites for hydroxylation is 1. The van der Waals surface area contributed by atoms with Crippen molar-refractivity contribution in [3.8, 4) is 5.88 Å². The van der Waals surface area contributed by atoms with Crippen LogP contribution < -0.4 is 4.74 Å². The van der Waals surface area contributed by atoms with Crippen molar-refractivity contribution in [1.29, 1.82) is 0 Å². The highest BCUT2D eigenvalue weighted by Gasteiger charge is 2.46. The van der Waals surface area contributed by atoms with Crippen LogP contribution in [0.1, 0.15) is 36.8 Å². The fourth-order valence-electron chi connectivity index (χ4n) is 2.92. The van der Waals surface area contributed by atoms with Gasteiger partial charge in [-0.3, -0.25) is 0 Å². The van der Waals surface area contributed by atoms with Gasteiger partial charge in [0, 0.05) is 18.2 Å². The van der Waals surface area contributed by atoms with E-state index in [9.17, 15) is 5.11 Å².